The third-order valence-corrected chi connectivity index (χ3v) is 4.22. The zero-order chi connectivity index (χ0) is 16.2. The Bertz CT molecular complexity index is 761. The van der Waals surface area contributed by atoms with Crippen LogP contribution in [0.25, 0.3) is 11.3 Å². The summed E-state index contributed by atoms with van der Waals surface area (Å²) in [5.74, 6) is 2.71. The second kappa shape index (κ2) is 6.92. The van der Waals surface area contributed by atoms with Gasteiger partial charge in [-0.15, -0.1) is 0 Å². The maximum atomic E-state index is 6.28. The molecule has 23 heavy (non-hydrogen) atoms. The number of allylic oxidation sites excluding steroid dienone is 2. The van der Waals surface area contributed by atoms with Gasteiger partial charge in [0.1, 0.15) is 23.4 Å². The molecule has 0 aromatic heterocycles. The fourth-order valence-electron chi connectivity index (χ4n) is 3.16. The average molecular weight is 313 g/mol. The molecule has 0 bridgehead atoms. The Labute approximate surface area is 136 Å². The number of fused-ring (bicyclic) bond motifs is 2. The summed E-state index contributed by atoms with van der Waals surface area (Å²) in [6.07, 6.45) is 7.82. The van der Waals surface area contributed by atoms with Gasteiger partial charge in [-0.05, 0) is 38.2 Å². The second-order valence-corrected chi connectivity index (χ2v) is 5.59. The minimum absolute atomic E-state index is 0.122. The lowest BCUT2D eigenvalue weighted by Crippen LogP contribution is -2.40. The highest BCUT2D eigenvalue weighted by molar-refractivity contribution is 5.74. The molecule has 0 fully saturated rings. The molecule has 0 radical (unpaired) electrons. The summed E-state index contributed by atoms with van der Waals surface area (Å²) in [6, 6.07) is 6.10. The molecule has 4 nitrogen and oxygen atoms in total. The molecule has 0 spiro atoms. The first-order valence-corrected chi connectivity index (χ1v) is 7.94. The van der Waals surface area contributed by atoms with Crippen LogP contribution in [0.3, 0.4) is 0 Å². The van der Waals surface area contributed by atoms with E-state index in [0.29, 0.717) is 0 Å². The van der Waals surface area contributed by atoms with E-state index in [1.54, 1.807) is 14.2 Å². The van der Waals surface area contributed by atoms with E-state index < -0.39 is 0 Å². The zero-order valence-electron chi connectivity index (χ0n) is 13.9. The predicted molar refractivity (Wildman–Crippen MR) is 91.3 cm³/mol. The summed E-state index contributed by atoms with van der Waals surface area (Å²) in [7, 11) is 5.36. The van der Waals surface area contributed by atoms with Crippen LogP contribution in [0.2, 0.25) is 0 Å². The first-order chi connectivity index (χ1) is 11.3. The molecule has 0 saturated carbocycles. The second-order valence-electron chi connectivity index (χ2n) is 5.59. The molecule has 1 heterocycles. The number of benzene rings is 1. The first kappa shape index (κ1) is 15.7. The fourth-order valence-corrected chi connectivity index (χ4v) is 3.16. The monoisotopic (exact) mass is 313 g/mol. The van der Waals surface area contributed by atoms with Crippen LogP contribution in [-0.2, 0) is 9.47 Å². The van der Waals surface area contributed by atoms with Gasteiger partial charge in [0, 0.05) is 16.9 Å². The summed E-state index contributed by atoms with van der Waals surface area (Å²) in [6.45, 7) is 0.965. The Morgan fingerprint density at radius 1 is 1.22 bits per heavy atom. The van der Waals surface area contributed by atoms with Gasteiger partial charge in [0.05, 0.1) is 19.8 Å². The Hall–Kier alpha value is -2.20. The van der Waals surface area contributed by atoms with E-state index in [4.69, 9.17) is 14.2 Å². The quantitative estimate of drug-likeness (QED) is 0.807. The molecule has 3 rings (SSSR count). The van der Waals surface area contributed by atoms with Crippen molar-refractivity contribution in [2.75, 3.05) is 27.8 Å². The van der Waals surface area contributed by atoms with Crippen molar-refractivity contribution < 1.29 is 14.2 Å². The van der Waals surface area contributed by atoms with Gasteiger partial charge in [-0.3, -0.25) is 0 Å². The highest BCUT2D eigenvalue weighted by atomic mass is 16.5. The standard InChI is InChI=1S/C19H23NO3/c1-20-12-6-11-14-13-7-4-8-15(21-2)18(13)19-16(22-3)9-5-10-17(19)23-14/h4-5,7-10,17,20H,6,11-12H2,1-3H3. The Balaban J connectivity index is 2.24. The van der Waals surface area contributed by atoms with Crippen molar-refractivity contribution in [2.45, 2.75) is 18.9 Å². The Kier molecular flexibility index (Phi) is 4.72. The van der Waals surface area contributed by atoms with Gasteiger partial charge in [-0.2, -0.15) is 0 Å². The lowest BCUT2D eigenvalue weighted by Gasteiger charge is -2.28. The van der Waals surface area contributed by atoms with Crippen LogP contribution in [0.5, 0.6) is 5.75 Å². The van der Waals surface area contributed by atoms with Crippen LogP contribution in [0.15, 0.2) is 42.2 Å². The van der Waals surface area contributed by atoms with Crippen LogP contribution >= 0.6 is 0 Å². The number of rotatable bonds is 6. The smallest absolute Gasteiger partial charge is 0.146 e. The summed E-state index contributed by atoms with van der Waals surface area (Å²) >= 11 is 0. The number of hydrogen-bond donors (Lipinski definition) is 1. The van der Waals surface area contributed by atoms with E-state index >= 15 is 0 Å². The van der Waals surface area contributed by atoms with Gasteiger partial charge >= 0.3 is 0 Å². The lowest BCUT2D eigenvalue weighted by atomic mass is 9.95. The molecule has 122 valence electrons. The molecular weight excluding hydrogens is 290 g/mol. The van der Waals surface area contributed by atoms with Crippen LogP contribution in [0.4, 0.5) is 0 Å². The fraction of sp³-hybridized carbons (Fsp3) is 0.368. The van der Waals surface area contributed by atoms with Gasteiger partial charge < -0.3 is 19.5 Å². The molecule has 1 aromatic carbocycles. The molecule has 1 unspecified atom stereocenters. The summed E-state index contributed by atoms with van der Waals surface area (Å²) in [4.78, 5) is 0. The molecule has 1 aromatic rings. The van der Waals surface area contributed by atoms with Gasteiger partial charge in [-0.1, -0.05) is 18.2 Å². The van der Waals surface area contributed by atoms with Crippen LogP contribution in [0.1, 0.15) is 12.8 Å². The third kappa shape index (κ3) is 2.86. The van der Waals surface area contributed by atoms with Gasteiger partial charge in [0.25, 0.3) is 0 Å². The van der Waals surface area contributed by atoms with Crippen LogP contribution in [-0.4, -0.2) is 33.9 Å². The number of hydrogen-bond acceptors (Lipinski definition) is 4. The highest BCUT2D eigenvalue weighted by Crippen LogP contribution is 2.29. The normalized spacial score (nSPS) is 18.7. The Morgan fingerprint density at radius 2 is 2.09 bits per heavy atom. The van der Waals surface area contributed by atoms with E-state index in [1.165, 1.54) is 0 Å². The molecular formula is C19H23NO3. The maximum absolute atomic E-state index is 6.28. The summed E-state index contributed by atoms with van der Waals surface area (Å²) in [5, 5.41) is 5.37. The van der Waals surface area contributed by atoms with Crippen molar-refractivity contribution in [1.29, 1.82) is 0 Å². The predicted octanol–water partition coefficient (Wildman–Crippen LogP) is 1.45. The van der Waals surface area contributed by atoms with Crippen molar-refractivity contribution >= 4 is 11.3 Å². The molecule has 1 atom stereocenters. The number of nitrogens with one attached hydrogen (secondary N) is 1. The minimum Gasteiger partial charge on any atom is -0.496 e. The molecule has 1 aliphatic heterocycles. The molecule has 1 aliphatic carbocycles. The van der Waals surface area contributed by atoms with Gasteiger partial charge in [0.15, 0.2) is 0 Å². The van der Waals surface area contributed by atoms with Crippen LogP contribution in [0, 0.1) is 0 Å². The SMILES string of the molecule is CNCCCC1=c2cccc(OC)c2=C2C(OC)=CC=CC2O1. The van der Waals surface area contributed by atoms with Gasteiger partial charge in [-0.25, -0.2) is 0 Å². The van der Waals surface area contributed by atoms with Crippen LogP contribution < -0.4 is 20.5 Å². The Morgan fingerprint density at radius 3 is 2.83 bits per heavy atom. The number of methoxy groups -OCH3 is 2. The third-order valence-electron chi connectivity index (χ3n) is 4.22. The number of ether oxygens (including phenoxy) is 3. The molecule has 1 N–H and O–H groups in total. The summed E-state index contributed by atoms with van der Waals surface area (Å²) in [5.41, 5.74) is 1.04. The largest absolute Gasteiger partial charge is 0.496 e. The van der Waals surface area contributed by atoms with E-state index in [0.717, 1.165) is 52.7 Å². The maximum Gasteiger partial charge on any atom is 0.146 e. The average Bonchev–Trinajstić information content (AvgIpc) is 2.60. The van der Waals surface area contributed by atoms with Crippen molar-refractivity contribution in [3.05, 3.63) is 52.6 Å². The first-order valence-electron chi connectivity index (χ1n) is 7.94. The van der Waals surface area contributed by atoms with Crippen molar-refractivity contribution in [3.63, 3.8) is 0 Å². The van der Waals surface area contributed by atoms with Gasteiger partial charge in [0.2, 0.25) is 0 Å². The molecule has 0 saturated heterocycles. The van der Waals surface area contributed by atoms with E-state index in [1.807, 2.05) is 31.3 Å². The lowest BCUT2D eigenvalue weighted by molar-refractivity contribution is 0.224. The van der Waals surface area contributed by atoms with E-state index in [-0.39, 0.29) is 6.10 Å². The molecule has 0 amide bonds. The minimum atomic E-state index is -0.122. The molecule has 4 heteroatoms. The highest BCUT2D eigenvalue weighted by Gasteiger charge is 2.27. The van der Waals surface area contributed by atoms with Crippen molar-refractivity contribution in [1.82, 2.24) is 5.32 Å². The zero-order valence-corrected chi connectivity index (χ0v) is 13.9. The van der Waals surface area contributed by atoms with Crippen molar-refractivity contribution in [2.24, 2.45) is 0 Å². The van der Waals surface area contributed by atoms with Crippen molar-refractivity contribution in [3.8, 4) is 5.75 Å². The molecule has 2 aliphatic rings. The topological polar surface area (TPSA) is 39.7 Å². The summed E-state index contributed by atoms with van der Waals surface area (Å²) < 4.78 is 17.5. The van der Waals surface area contributed by atoms with E-state index in [9.17, 15) is 0 Å². The van der Waals surface area contributed by atoms with E-state index in [2.05, 4.69) is 17.5 Å².